The van der Waals surface area contributed by atoms with E-state index in [1.165, 1.54) is 0 Å². The van der Waals surface area contributed by atoms with Crippen molar-refractivity contribution in [1.29, 1.82) is 0 Å². The number of ether oxygens (including phenoxy) is 2. The first kappa shape index (κ1) is 12.7. The molecule has 0 heterocycles. The minimum absolute atomic E-state index is 0.157. The van der Waals surface area contributed by atoms with Crippen LogP contribution in [0.3, 0.4) is 0 Å². The van der Waals surface area contributed by atoms with Gasteiger partial charge in [-0.2, -0.15) is 0 Å². The van der Waals surface area contributed by atoms with E-state index in [0.717, 1.165) is 24.3 Å². The SMILES string of the molecule is CCOC(=O)C(Nc1ccc(OC)cc1)C1CC1. The van der Waals surface area contributed by atoms with Gasteiger partial charge in [0.05, 0.1) is 13.7 Å². The second kappa shape index (κ2) is 5.76. The maximum absolute atomic E-state index is 11.8. The van der Waals surface area contributed by atoms with Crippen molar-refractivity contribution in [2.75, 3.05) is 19.0 Å². The summed E-state index contributed by atoms with van der Waals surface area (Å²) in [6.45, 7) is 2.25. The Hall–Kier alpha value is -1.71. The van der Waals surface area contributed by atoms with E-state index in [-0.39, 0.29) is 12.0 Å². The minimum atomic E-state index is -0.224. The van der Waals surface area contributed by atoms with Crippen LogP contribution < -0.4 is 10.1 Å². The molecule has 0 radical (unpaired) electrons. The number of hydrogen-bond acceptors (Lipinski definition) is 4. The molecule has 0 aliphatic heterocycles. The molecule has 1 aliphatic rings. The molecule has 0 spiro atoms. The van der Waals surface area contributed by atoms with Crippen molar-refractivity contribution >= 4 is 11.7 Å². The number of anilines is 1. The summed E-state index contributed by atoms with van der Waals surface area (Å²) in [6, 6.07) is 7.34. The molecule has 1 N–H and O–H groups in total. The van der Waals surface area contributed by atoms with E-state index in [0.29, 0.717) is 12.5 Å². The lowest BCUT2D eigenvalue weighted by molar-refractivity contribution is -0.144. The van der Waals surface area contributed by atoms with E-state index in [2.05, 4.69) is 5.32 Å². The maximum atomic E-state index is 11.8. The molecule has 0 aromatic heterocycles. The van der Waals surface area contributed by atoms with Crippen LogP contribution in [0.25, 0.3) is 0 Å². The zero-order valence-electron chi connectivity index (χ0n) is 10.8. The summed E-state index contributed by atoms with van der Waals surface area (Å²) in [5, 5.41) is 3.25. The van der Waals surface area contributed by atoms with Crippen molar-refractivity contribution in [3.05, 3.63) is 24.3 Å². The molecule has 1 atom stereocenters. The van der Waals surface area contributed by atoms with Gasteiger partial charge in [-0.05, 0) is 49.9 Å². The number of nitrogens with one attached hydrogen (secondary N) is 1. The van der Waals surface area contributed by atoms with Crippen LogP contribution in [0.1, 0.15) is 19.8 Å². The molecule has 1 aliphatic carbocycles. The van der Waals surface area contributed by atoms with Gasteiger partial charge in [0.15, 0.2) is 0 Å². The van der Waals surface area contributed by atoms with Gasteiger partial charge in [-0.15, -0.1) is 0 Å². The largest absolute Gasteiger partial charge is 0.497 e. The number of carbonyl (C=O) groups is 1. The monoisotopic (exact) mass is 249 g/mol. The van der Waals surface area contributed by atoms with Crippen LogP contribution in [-0.2, 0) is 9.53 Å². The number of benzene rings is 1. The van der Waals surface area contributed by atoms with Crippen LogP contribution in [-0.4, -0.2) is 25.7 Å². The highest BCUT2D eigenvalue weighted by atomic mass is 16.5. The molecule has 4 heteroatoms. The second-order valence-electron chi connectivity index (χ2n) is 4.44. The summed E-state index contributed by atoms with van der Waals surface area (Å²) in [4.78, 5) is 11.8. The third-order valence-corrected chi connectivity index (χ3v) is 3.05. The van der Waals surface area contributed by atoms with Gasteiger partial charge >= 0.3 is 5.97 Å². The van der Waals surface area contributed by atoms with Crippen molar-refractivity contribution < 1.29 is 14.3 Å². The Morgan fingerprint density at radius 1 is 1.39 bits per heavy atom. The van der Waals surface area contributed by atoms with Crippen molar-refractivity contribution in [2.45, 2.75) is 25.8 Å². The van der Waals surface area contributed by atoms with E-state index in [4.69, 9.17) is 9.47 Å². The zero-order valence-corrected chi connectivity index (χ0v) is 10.8. The first-order valence-electron chi connectivity index (χ1n) is 6.31. The molecule has 1 aromatic rings. The molecule has 98 valence electrons. The highest BCUT2D eigenvalue weighted by Gasteiger charge is 2.37. The number of esters is 1. The molecular formula is C14H19NO3. The third-order valence-electron chi connectivity index (χ3n) is 3.05. The van der Waals surface area contributed by atoms with Crippen LogP contribution in [0.4, 0.5) is 5.69 Å². The fourth-order valence-electron chi connectivity index (χ4n) is 1.90. The number of hydrogen-bond donors (Lipinski definition) is 1. The van der Waals surface area contributed by atoms with Gasteiger partial charge in [0, 0.05) is 5.69 Å². The van der Waals surface area contributed by atoms with Gasteiger partial charge in [-0.1, -0.05) is 0 Å². The summed E-state index contributed by atoms with van der Waals surface area (Å²) < 4.78 is 10.2. The van der Waals surface area contributed by atoms with Gasteiger partial charge in [0.2, 0.25) is 0 Å². The Balaban J connectivity index is 2.01. The van der Waals surface area contributed by atoms with Gasteiger partial charge < -0.3 is 14.8 Å². The van der Waals surface area contributed by atoms with Crippen LogP contribution in [0.2, 0.25) is 0 Å². The maximum Gasteiger partial charge on any atom is 0.328 e. The van der Waals surface area contributed by atoms with Gasteiger partial charge in [0.25, 0.3) is 0 Å². The van der Waals surface area contributed by atoms with Gasteiger partial charge in [-0.3, -0.25) is 0 Å². The van der Waals surface area contributed by atoms with Crippen LogP contribution in [0, 0.1) is 5.92 Å². The van der Waals surface area contributed by atoms with Gasteiger partial charge in [0.1, 0.15) is 11.8 Å². The predicted molar refractivity (Wildman–Crippen MR) is 69.8 cm³/mol. The van der Waals surface area contributed by atoms with Crippen molar-refractivity contribution in [2.24, 2.45) is 5.92 Å². The van der Waals surface area contributed by atoms with Crippen molar-refractivity contribution in [1.82, 2.24) is 0 Å². The van der Waals surface area contributed by atoms with Crippen LogP contribution in [0.5, 0.6) is 5.75 Å². The molecule has 0 bridgehead atoms. The first-order chi connectivity index (χ1) is 8.74. The average molecular weight is 249 g/mol. The number of rotatable bonds is 6. The van der Waals surface area contributed by atoms with E-state index < -0.39 is 0 Å². The minimum Gasteiger partial charge on any atom is -0.497 e. The summed E-state index contributed by atoms with van der Waals surface area (Å²) in [6.07, 6.45) is 2.18. The first-order valence-corrected chi connectivity index (χ1v) is 6.31. The van der Waals surface area contributed by atoms with E-state index in [9.17, 15) is 4.79 Å². The van der Waals surface area contributed by atoms with Crippen LogP contribution in [0.15, 0.2) is 24.3 Å². The Morgan fingerprint density at radius 2 is 2.06 bits per heavy atom. The molecule has 18 heavy (non-hydrogen) atoms. The standard InChI is InChI=1S/C14H19NO3/c1-3-18-14(16)13(10-4-5-10)15-11-6-8-12(17-2)9-7-11/h6-10,13,15H,3-5H2,1-2H3. The van der Waals surface area contributed by atoms with Crippen molar-refractivity contribution in [3.8, 4) is 5.75 Å². The molecule has 0 saturated heterocycles. The second-order valence-corrected chi connectivity index (χ2v) is 4.44. The summed E-state index contributed by atoms with van der Waals surface area (Å²) in [7, 11) is 1.63. The zero-order chi connectivity index (χ0) is 13.0. The smallest absolute Gasteiger partial charge is 0.328 e. The van der Waals surface area contributed by atoms with Gasteiger partial charge in [-0.25, -0.2) is 4.79 Å². The van der Waals surface area contributed by atoms with E-state index in [1.807, 2.05) is 31.2 Å². The predicted octanol–water partition coefficient (Wildman–Crippen LogP) is 2.45. The lowest BCUT2D eigenvalue weighted by Gasteiger charge is -2.18. The quantitative estimate of drug-likeness (QED) is 0.787. The van der Waals surface area contributed by atoms with Crippen LogP contribution >= 0.6 is 0 Å². The third kappa shape index (κ3) is 3.15. The molecule has 0 amide bonds. The van der Waals surface area contributed by atoms with E-state index >= 15 is 0 Å². The Morgan fingerprint density at radius 3 is 2.56 bits per heavy atom. The highest BCUT2D eigenvalue weighted by Crippen LogP contribution is 2.35. The molecule has 1 unspecified atom stereocenters. The number of carbonyl (C=O) groups excluding carboxylic acids is 1. The fraction of sp³-hybridized carbons (Fsp3) is 0.500. The topological polar surface area (TPSA) is 47.6 Å². The average Bonchev–Trinajstić information content (AvgIpc) is 3.21. The summed E-state index contributed by atoms with van der Waals surface area (Å²) in [5.41, 5.74) is 0.917. The van der Waals surface area contributed by atoms with Crippen molar-refractivity contribution in [3.63, 3.8) is 0 Å². The Kier molecular flexibility index (Phi) is 4.07. The lowest BCUT2D eigenvalue weighted by Crippen LogP contribution is -2.33. The van der Waals surface area contributed by atoms with E-state index in [1.54, 1.807) is 7.11 Å². The molecular weight excluding hydrogens is 230 g/mol. The molecule has 1 fully saturated rings. The summed E-state index contributed by atoms with van der Waals surface area (Å²) in [5.74, 6) is 1.06. The Labute approximate surface area is 107 Å². The summed E-state index contributed by atoms with van der Waals surface area (Å²) >= 11 is 0. The Bertz CT molecular complexity index is 398. The normalized spacial score (nSPS) is 15.9. The molecule has 2 rings (SSSR count). The lowest BCUT2D eigenvalue weighted by atomic mass is 10.1. The molecule has 1 aromatic carbocycles. The molecule has 4 nitrogen and oxygen atoms in total. The highest BCUT2D eigenvalue weighted by molar-refractivity contribution is 5.80. The molecule has 1 saturated carbocycles. The number of methoxy groups -OCH3 is 1. The fourth-order valence-corrected chi connectivity index (χ4v) is 1.90.